The van der Waals surface area contributed by atoms with Crippen LogP contribution in [0.3, 0.4) is 0 Å². The fourth-order valence-corrected chi connectivity index (χ4v) is 2.81. The van der Waals surface area contributed by atoms with Crippen LogP contribution in [0.4, 0.5) is 0 Å². The highest BCUT2D eigenvalue weighted by Gasteiger charge is 2.17. The van der Waals surface area contributed by atoms with E-state index in [-0.39, 0.29) is 11.6 Å². The van der Waals surface area contributed by atoms with Crippen molar-refractivity contribution in [2.75, 3.05) is 5.43 Å². The van der Waals surface area contributed by atoms with Crippen LogP contribution in [0.15, 0.2) is 76.1 Å². The third-order valence-electron chi connectivity index (χ3n) is 3.82. The number of hydrogen-bond donors (Lipinski definition) is 1. The summed E-state index contributed by atoms with van der Waals surface area (Å²) in [5.41, 5.74) is 3.28. The van der Waals surface area contributed by atoms with Gasteiger partial charge in [-0.3, -0.25) is 15.0 Å². The molecule has 0 atom stereocenters. The van der Waals surface area contributed by atoms with Crippen LogP contribution in [0.5, 0.6) is 0 Å². The first kappa shape index (κ1) is 16.1. The number of carbonyl (C=O) groups excluding carboxylic acids is 1. The minimum Gasteiger partial charge on any atom is -0.459 e. The minimum absolute atomic E-state index is 0.0853. The molecule has 0 bridgehead atoms. The molecule has 26 heavy (non-hydrogen) atoms. The number of para-hydroxylation sites is 1. The molecule has 7 heteroatoms. The van der Waals surface area contributed by atoms with Gasteiger partial charge in [-0.25, -0.2) is 4.98 Å². The molecule has 0 aliphatic carbocycles. The molecule has 1 N–H and O–H groups in total. The molecule has 4 rings (SSSR count). The van der Waals surface area contributed by atoms with Crippen molar-refractivity contribution >= 4 is 28.4 Å². The van der Waals surface area contributed by atoms with Crippen LogP contribution in [-0.2, 0) is 0 Å². The zero-order valence-corrected chi connectivity index (χ0v) is 14.1. The molecular formula is C19H12ClN3O3. The van der Waals surface area contributed by atoms with Gasteiger partial charge in [-0.15, -0.1) is 0 Å². The van der Waals surface area contributed by atoms with Gasteiger partial charge in [-0.1, -0.05) is 35.9 Å². The lowest BCUT2D eigenvalue weighted by atomic mass is 10.2. The lowest BCUT2D eigenvalue weighted by Crippen LogP contribution is -2.35. The van der Waals surface area contributed by atoms with Gasteiger partial charge in [0, 0.05) is 10.6 Å². The monoisotopic (exact) mass is 365 g/mol. The summed E-state index contributed by atoms with van der Waals surface area (Å²) >= 11 is 6.07. The van der Waals surface area contributed by atoms with Crippen molar-refractivity contribution in [2.45, 2.75) is 0 Å². The Balaban J connectivity index is 1.94. The summed E-state index contributed by atoms with van der Waals surface area (Å²) in [5, 5.41) is 0.881. The molecule has 0 fully saturated rings. The maximum Gasteiger partial charge on any atom is 0.305 e. The lowest BCUT2D eigenvalue weighted by molar-refractivity contribution is 0.0981. The van der Waals surface area contributed by atoms with Crippen molar-refractivity contribution in [3.63, 3.8) is 0 Å². The van der Waals surface area contributed by atoms with Gasteiger partial charge in [0.1, 0.15) is 0 Å². The molecule has 0 saturated heterocycles. The van der Waals surface area contributed by atoms with Gasteiger partial charge >= 0.3 is 5.91 Å². The molecule has 6 nitrogen and oxygen atoms in total. The number of nitrogens with zero attached hydrogens (tertiary/aromatic N) is 2. The summed E-state index contributed by atoms with van der Waals surface area (Å²) in [6.45, 7) is 0. The highest BCUT2D eigenvalue weighted by atomic mass is 35.5. The fraction of sp³-hybridized carbons (Fsp3) is 0. The second kappa shape index (κ2) is 6.50. The largest absolute Gasteiger partial charge is 0.459 e. The first-order valence-electron chi connectivity index (χ1n) is 7.76. The molecule has 0 radical (unpaired) electrons. The SMILES string of the molecule is O=C(Nn1c(-c2cccc(Cl)c2)nc2ccccc2c1=O)c1ccco1. The van der Waals surface area contributed by atoms with Crippen LogP contribution in [0.1, 0.15) is 10.6 Å². The summed E-state index contributed by atoms with van der Waals surface area (Å²) in [5.74, 6) is -0.198. The van der Waals surface area contributed by atoms with Gasteiger partial charge in [-0.05, 0) is 36.4 Å². The molecule has 2 aromatic carbocycles. The Morgan fingerprint density at radius 3 is 2.69 bits per heavy atom. The predicted molar refractivity (Wildman–Crippen MR) is 98.8 cm³/mol. The predicted octanol–water partition coefficient (Wildman–Crippen LogP) is 3.69. The van der Waals surface area contributed by atoms with Crippen LogP contribution >= 0.6 is 11.6 Å². The lowest BCUT2D eigenvalue weighted by Gasteiger charge is -2.14. The molecule has 4 aromatic rings. The van der Waals surface area contributed by atoms with Gasteiger partial charge in [0.2, 0.25) is 0 Å². The zero-order chi connectivity index (χ0) is 18.1. The summed E-state index contributed by atoms with van der Waals surface area (Å²) < 4.78 is 6.20. The van der Waals surface area contributed by atoms with Gasteiger partial charge < -0.3 is 4.42 Å². The maximum atomic E-state index is 13.0. The van der Waals surface area contributed by atoms with Gasteiger partial charge in [0.15, 0.2) is 11.6 Å². The summed E-state index contributed by atoms with van der Waals surface area (Å²) in [4.78, 5) is 29.9. The number of furan rings is 1. The molecular weight excluding hydrogens is 354 g/mol. The van der Waals surface area contributed by atoms with Gasteiger partial charge in [-0.2, -0.15) is 4.68 Å². The van der Waals surface area contributed by atoms with E-state index in [1.807, 2.05) is 0 Å². The van der Waals surface area contributed by atoms with E-state index in [4.69, 9.17) is 16.0 Å². The van der Waals surface area contributed by atoms with Crippen LogP contribution in [0, 0.1) is 0 Å². The summed E-state index contributed by atoms with van der Waals surface area (Å²) in [7, 11) is 0. The Morgan fingerprint density at radius 1 is 1.08 bits per heavy atom. The van der Waals surface area contributed by atoms with E-state index >= 15 is 0 Å². The van der Waals surface area contributed by atoms with Crippen molar-refractivity contribution < 1.29 is 9.21 Å². The maximum absolute atomic E-state index is 13.0. The second-order valence-corrected chi connectivity index (χ2v) is 5.96. The number of nitrogens with one attached hydrogen (secondary N) is 1. The Hall–Kier alpha value is -3.38. The quantitative estimate of drug-likeness (QED) is 0.600. The summed E-state index contributed by atoms with van der Waals surface area (Å²) in [6, 6.07) is 16.9. The standard InChI is InChI=1S/C19H12ClN3O3/c20-13-6-3-5-12(11-13)17-21-15-8-2-1-7-14(15)19(25)23(17)22-18(24)16-9-4-10-26-16/h1-11H,(H,22,24). The second-order valence-electron chi connectivity index (χ2n) is 5.52. The van der Waals surface area contributed by atoms with E-state index in [0.717, 1.165) is 4.68 Å². The third kappa shape index (κ3) is 2.87. The average Bonchev–Trinajstić information content (AvgIpc) is 3.19. The Morgan fingerprint density at radius 2 is 1.92 bits per heavy atom. The smallest absolute Gasteiger partial charge is 0.305 e. The van der Waals surface area contributed by atoms with Crippen molar-refractivity contribution in [3.8, 4) is 11.4 Å². The van der Waals surface area contributed by atoms with E-state index in [1.165, 1.54) is 12.3 Å². The Bertz CT molecular complexity index is 1170. The average molecular weight is 366 g/mol. The highest BCUT2D eigenvalue weighted by Crippen LogP contribution is 2.21. The molecule has 0 saturated carbocycles. The third-order valence-corrected chi connectivity index (χ3v) is 4.05. The molecule has 128 valence electrons. The van der Waals surface area contributed by atoms with Crippen LogP contribution < -0.4 is 11.0 Å². The van der Waals surface area contributed by atoms with E-state index in [2.05, 4.69) is 10.4 Å². The first-order valence-corrected chi connectivity index (χ1v) is 8.14. The zero-order valence-electron chi connectivity index (χ0n) is 13.3. The molecule has 2 aromatic heterocycles. The molecule has 0 unspecified atom stereocenters. The molecule has 0 aliphatic heterocycles. The van der Waals surface area contributed by atoms with Crippen LogP contribution in [0.25, 0.3) is 22.3 Å². The first-order chi connectivity index (χ1) is 12.6. The van der Waals surface area contributed by atoms with E-state index in [1.54, 1.807) is 54.6 Å². The van der Waals surface area contributed by atoms with Crippen molar-refractivity contribution in [3.05, 3.63) is 88.1 Å². The molecule has 2 heterocycles. The number of hydrogen-bond acceptors (Lipinski definition) is 4. The van der Waals surface area contributed by atoms with E-state index in [9.17, 15) is 9.59 Å². The number of amides is 1. The Labute approximate surface area is 152 Å². The van der Waals surface area contributed by atoms with Crippen molar-refractivity contribution in [2.24, 2.45) is 0 Å². The van der Waals surface area contributed by atoms with Crippen LogP contribution in [-0.4, -0.2) is 15.6 Å². The molecule has 1 amide bonds. The van der Waals surface area contributed by atoms with Crippen molar-refractivity contribution in [1.82, 2.24) is 9.66 Å². The van der Waals surface area contributed by atoms with E-state index < -0.39 is 11.5 Å². The number of carbonyl (C=O) groups is 1. The normalized spacial score (nSPS) is 10.8. The molecule has 0 spiro atoms. The number of aromatic nitrogens is 2. The Kier molecular flexibility index (Phi) is 4.02. The minimum atomic E-state index is -0.558. The van der Waals surface area contributed by atoms with Gasteiger partial charge in [0.05, 0.1) is 17.2 Å². The van der Waals surface area contributed by atoms with Crippen LogP contribution in [0.2, 0.25) is 5.02 Å². The van der Waals surface area contributed by atoms with E-state index in [0.29, 0.717) is 21.5 Å². The van der Waals surface area contributed by atoms with Gasteiger partial charge in [0.25, 0.3) is 5.56 Å². The fourth-order valence-electron chi connectivity index (χ4n) is 2.62. The number of halogens is 1. The summed E-state index contributed by atoms with van der Waals surface area (Å²) in [6.07, 6.45) is 1.38. The number of fused-ring (bicyclic) bond motifs is 1. The number of rotatable bonds is 3. The highest BCUT2D eigenvalue weighted by molar-refractivity contribution is 6.30. The number of benzene rings is 2. The topological polar surface area (TPSA) is 77.1 Å². The molecule has 0 aliphatic rings. The van der Waals surface area contributed by atoms with Crippen molar-refractivity contribution in [1.29, 1.82) is 0 Å².